The van der Waals surface area contributed by atoms with Crippen LogP contribution in [0.3, 0.4) is 0 Å². The molecule has 2 aromatic rings. The summed E-state index contributed by atoms with van der Waals surface area (Å²) >= 11 is 3.60. The van der Waals surface area contributed by atoms with E-state index in [0.29, 0.717) is 23.4 Å². The van der Waals surface area contributed by atoms with Crippen molar-refractivity contribution in [2.75, 3.05) is 18.4 Å². The zero-order chi connectivity index (χ0) is 18.3. The average molecular weight is 419 g/mol. The molecule has 2 fully saturated rings. The van der Waals surface area contributed by atoms with Gasteiger partial charge in [-0.2, -0.15) is 5.26 Å². The number of nitriles is 1. The first kappa shape index (κ1) is 17.8. The third kappa shape index (κ3) is 3.46. The summed E-state index contributed by atoms with van der Waals surface area (Å²) in [6, 6.07) is 4.73. The predicted molar refractivity (Wildman–Crippen MR) is 103 cm³/mol. The number of pyridine rings is 1. The van der Waals surface area contributed by atoms with E-state index in [1.807, 2.05) is 13.0 Å². The van der Waals surface area contributed by atoms with Crippen molar-refractivity contribution in [3.8, 4) is 6.07 Å². The number of nitrogens with zero attached hydrogens (tertiary/aromatic N) is 3. The predicted octanol–water partition coefficient (Wildman–Crippen LogP) is 3.64. The lowest BCUT2D eigenvalue weighted by atomic mass is 9.90. The van der Waals surface area contributed by atoms with Crippen LogP contribution in [0.5, 0.6) is 0 Å². The highest BCUT2D eigenvalue weighted by molar-refractivity contribution is 9.10. The van der Waals surface area contributed by atoms with Gasteiger partial charge in [-0.15, -0.1) is 0 Å². The quantitative estimate of drug-likeness (QED) is 0.790. The molecule has 4 rings (SSSR count). The molecule has 1 atom stereocenters. The van der Waals surface area contributed by atoms with Crippen LogP contribution in [0.15, 0.2) is 21.2 Å². The Morgan fingerprint density at radius 1 is 1.42 bits per heavy atom. The fourth-order valence-corrected chi connectivity index (χ4v) is 4.73. The topological polar surface area (TPSA) is 85.3 Å². The number of hydrogen-bond donors (Lipinski definition) is 2. The van der Waals surface area contributed by atoms with Gasteiger partial charge in [-0.3, -0.25) is 4.90 Å². The number of aliphatic hydroxyl groups is 1. The zero-order valence-electron chi connectivity index (χ0n) is 14.8. The largest absolute Gasteiger partial charge is 0.444 e. The molecule has 6 nitrogen and oxygen atoms in total. The maximum atomic E-state index is 10.2. The zero-order valence-corrected chi connectivity index (χ0v) is 16.4. The maximum absolute atomic E-state index is 10.2. The molecule has 1 saturated heterocycles. The molecule has 1 saturated carbocycles. The van der Waals surface area contributed by atoms with Crippen LogP contribution < -0.4 is 5.32 Å². The number of rotatable bonds is 3. The van der Waals surface area contributed by atoms with Crippen molar-refractivity contribution in [3.05, 3.63) is 22.5 Å². The fraction of sp³-hybridized carbons (Fsp3) is 0.579. The Balaban J connectivity index is 1.39. The number of aromatic nitrogens is 1. The number of anilines is 1. The molecule has 0 aromatic carbocycles. The van der Waals surface area contributed by atoms with E-state index in [1.54, 1.807) is 12.3 Å². The summed E-state index contributed by atoms with van der Waals surface area (Å²) in [6.07, 6.45) is 6.99. The van der Waals surface area contributed by atoms with Crippen molar-refractivity contribution >= 4 is 32.7 Å². The van der Waals surface area contributed by atoms with Gasteiger partial charge in [0.15, 0.2) is 5.58 Å². The summed E-state index contributed by atoms with van der Waals surface area (Å²) in [6.45, 7) is 3.73. The van der Waals surface area contributed by atoms with Crippen LogP contribution in [0, 0.1) is 11.3 Å². The Bertz CT molecular complexity index is 849. The number of fused-ring (bicyclic) bond motifs is 1. The number of halogens is 1. The second-order valence-corrected chi connectivity index (χ2v) is 8.58. The Labute approximate surface area is 161 Å². The summed E-state index contributed by atoms with van der Waals surface area (Å²) in [4.78, 5) is 6.91. The monoisotopic (exact) mass is 418 g/mol. The van der Waals surface area contributed by atoms with E-state index in [9.17, 15) is 5.11 Å². The molecule has 3 heterocycles. The minimum absolute atomic E-state index is 0.293. The second-order valence-electron chi connectivity index (χ2n) is 7.79. The van der Waals surface area contributed by atoms with Crippen molar-refractivity contribution in [2.24, 2.45) is 0 Å². The summed E-state index contributed by atoms with van der Waals surface area (Å²) in [5.74, 6) is 1.09. The lowest BCUT2D eigenvalue weighted by Crippen LogP contribution is -2.41. The lowest BCUT2D eigenvalue weighted by Gasteiger charge is -2.35. The summed E-state index contributed by atoms with van der Waals surface area (Å²) < 4.78 is 6.27. The fourth-order valence-electron chi connectivity index (χ4n) is 4.21. The second kappa shape index (κ2) is 6.84. The van der Waals surface area contributed by atoms with Crippen LogP contribution in [0.4, 0.5) is 5.82 Å². The molecule has 1 aliphatic carbocycles. The number of likely N-dealkylation sites (tertiary alicyclic amines) is 1. The normalized spacial score (nSPS) is 29.8. The number of β-amino-alcohol motifs (C(OH)–C–C–N with tert-alkyl or cyclic N) is 1. The van der Waals surface area contributed by atoms with Gasteiger partial charge in [0.05, 0.1) is 16.3 Å². The maximum Gasteiger partial charge on any atom is 0.204 e. The first-order valence-corrected chi connectivity index (χ1v) is 9.95. The molecule has 1 aliphatic heterocycles. The lowest BCUT2D eigenvalue weighted by molar-refractivity contribution is 0.0578. The van der Waals surface area contributed by atoms with Gasteiger partial charge in [0, 0.05) is 36.6 Å². The van der Waals surface area contributed by atoms with Gasteiger partial charge in [-0.1, -0.05) is 0 Å². The van der Waals surface area contributed by atoms with Crippen LogP contribution in [0.1, 0.15) is 44.8 Å². The highest BCUT2D eigenvalue weighted by atomic mass is 79.9. The first-order chi connectivity index (χ1) is 12.4. The average Bonchev–Trinajstić information content (AvgIpc) is 3.21. The van der Waals surface area contributed by atoms with Gasteiger partial charge in [0.1, 0.15) is 11.9 Å². The van der Waals surface area contributed by atoms with E-state index in [0.717, 1.165) is 60.9 Å². The number of hydrogen-bond acceptors (Lipinski definition) is 6. The van der Waals surface area contributed by atoms with Gasteiger partial charge in [0.25, 0.3) is 0 Å². The van der Waals surface area contributed by atoms with Gasteiger partial charge in [-0.05, 0) is 55.0 Å². The van der Waals surface area contributed by atoms with Crippen LogP contribution in [0.25, 0.3) is 11.0 Å². The van der Waals surface area contributed by atoms with Crippen LogP contribution in [-0.4, -0.2) is 45.8 Å². The van der Waals surface area contributed by atoms with E-state index in [4.69, 9.17) is 9.68 Å². The van der Waals surface area contributed by atoms with Crippen molar-refractivity contribution in [1.29, 1.82) is 5.26 Å². The number of furan rings is 1. The Hall–Kier alpha value is -1.62. The molecule has 2 aliphatic rings. The molecule has 0 spiro atoms. The molecule has 0 bridgehead atoms. The van der Waals surface area contributed by atoms with Gasteiger partial charge < -0.3 is 14.8 Å². The standard InChI is InChI=1S/C19H23BrN4O2/c1-19(25)6-7-24(11-19)13-4-2-12(3-5-13)23-18-17(20)15-8-14(9-21)26-16(15)10-22-18/h8,10,12-13,25H,2-7,11H2,1H3,(H,22,23). The third-order valence-corrected chi connectivity index (χ3v) is 6.46. The summed E-state index contributed by atoms with van der Waals surface area (Å²) in [5, 5.41) is 23.6. The minimum atomic E-state index is -0.522. The van der Waals surface area contributed by atoms with Crippen LogP contribution in [0.2, 0.25) is 0 Å². The Morgan fingerprint density at radius 2 is 2.19 bits per heavy atom. The molecule has 1 unspecified atom stereocenters. The molecular formula is C19H23BrN4O2. The Morgan fingerprint density at radius 3 is 2.85 bits per heavy atom. The first-order valence-electron chi connectivity index (χ1n) is 9.16. The molecule has 7 heteroatoms. The van der Waals surface area contributed by atoms with Crippen molar-refractivity contribution < 1.29 is 9.52 Å². The molecule has 0 radical (unpaired) electrons. The van der Waals surface area contributed by atoms with Gasteiger partial charge >= 0.3 is 0 Å². The Kier molecular flexibility index (Phi) is 4.68. The summed E-state index contributed by atoms with van der Waals surface area (Å²) in [7, 11) is 0. The minimum Gasteiger partial charge on any atom is -0.444 e. The highest BCUT2D eigenvalue weighted by Gasteiger charge is 2.36. The molecule has 0 amide bonds. The van der Waals surface area contributed by atoms with E-state index in [2.05, 4.69) is 31.1 Å². The van der Waals surface area contributed by atoms with Gasteiger partial charge in [0.2, 0.25) is 5.76 Å². The van der Waals surface area contributed by atoms with E-state index >= 15 is 0 Å². The molecule has 2 aromatic heterocycles. The van der Waals surface area contributed by atoms with Crippen molar-refractivity contribution in [1.82, 2.24) is 9.88 Å². The van der Waals surface area contributed by atoms with Gasteiger partial charge in [-0.25, -0.2) is 4.98 Å². The third-order valence-electron chi connectivity index (χ3n) is 5.66. The van der Waals surface area contributed by atoms with Crippen molar-refractivity contribution in [3.63, 3.8) is 0 Å². The van der Waals surface area contributed by atoms with E-state index in [-0.39, 0.29) is 0 Å². The molecular weight excluding hydrogens is 396 g/mol. The van der Waals surface area contributed by atoms with E-state index < -0.39 is 5.60 Å². The van der Waals surface area contributed by atoms with E-state index in [1.165, 1.54) is 0 Å². The number of nitrogens with one attached hydrogen (secondary N) is 1. The van der Waals surface area contributed by atoms with Crippen LogP contribution >= 0.6 is 15.9 Å². The smallest absolute Gasteiger partial charge is 0.204 e. The summed E-state index contributed by atoms with van der Waals surface area (Å²) in [5.41, 5.74) is 0.0929. The molecule has 2 N–H and O–H groups in total. The molecule has 26 heavy (non-hydrogen) atoms. The van der Waals surface area contributed by atoms with Crippen LogP contribution in [-0.2, 0) is 0 Å². The van der Waals surface area contributed by atoms with Crippen molar-refractivity contribution in [2.45, 2.75) is 56.7 Å². The highest BCUT2D eigenvalue weighted by Crippen LogP contribution is 2.34. The SMILES string of the molecule is CC1(O)CCN(C2CCC(Nc3ncc4oc(C#N)cc4c3Br)CC2)C1. The molecule has 138 valence electrons.